The summed E-state index contributed by atoms with van der Waals surface area (Å²) in [6.07, 6.45) is 0.827. The van der Waals surface area contributed by atoms with Crippen LogP contribution in [0, 0.1) is 5.92 Å². The first-order valence-corrected chi connectivity index (χ1v) is 6.75. The number of rotatable bonds is 4. The number of carbonyl (C=O) groups is 2. The second-order valence-corrected chi connectivity index (χ2v) is 5.26. The van der Waals surface area contributed by atoms with Crippen molar-refractivity contribution in [2.75, 3.05) is 7.11 Å². The van der Waals surface area contributed by atoms with E-state index in [9.17, 15) is 9.59 Å². The van der Waals surface area contributed by atoms with E-state index in [0.29, 0.717) is 11.0 Å². The van der Waals surface area contributed by atoms with Crippen molar-refractivity contribution in [1.29, 1.82) is 0 Å². The zero-order valence-corrected chi connectivity index (χ0v) is 12.6. The largest absolute Gasteiger partial charge is 0.481 e. The third-order valence-electron chi connectivity index (χ3n) is 3.10. The van der Waals surface area contributed by atoms with Gasteiger partial charge < -0.3 is 9.47 Å². The lowest BCUT2D eigenvalue weighted by Crippen LogP contribution is -2.19. The maximum atomic E-state index is 11.6. The van der Waals surface area contributed by atoms with Crippen LogP contribution in [0.3, 0.4) is 0 Å². The number of hydrogen-bond acceptors (Lipinski definition) is 5. The average Bonchev–Trinajstić information content (AvgIpc) is 2.74. The molecular formula is C14H15ClN2O4. The predicted molar refractivity (Wildman–Crippen MR) is 76.1 cm³/mol. The molecule has 6 nitrogen and oxygen atoms in total. The number of allylic oxidation sites excluding steroid dienone is 1. The molecule has 1 fully saturated rings. The first-order chi connectivity index (χ1) is 9.92. The number of carbonyl (C=O) groups excluding carboxylic acids is 2. The predicted octanol–water partition coefficient (Wildman–Crippen LogP) is 2.63. The van der Waals surface area contributed by atoms with Crippen molar-refractivity contribution < 1.29 is 19.1 Å². The van der Waals surface area contributed by atoms with Crippen LogP contribution in [0.5, 0.6) is 5.88 Å². The van der Waals surface area contributed by atoms with Crippen LogP contribution in [0.4, 0.5) is 4.79 Å². The van der Waals surface area contributed by atoms with Crippen LogP contribution in [-0.2, 0) is 9.53 Å². The maximum Gasteiger partial charge on any atom is 0.419 e. The lowest BCUT2D eigenvalue weighted by molar-refractivity contribution is -0.116. The highest BCUT2D eigenvalue weighted by Gasteiger charge is 2.29. The van der Waals surface area contributed by atoms with Crippen LogP contribution in [0.2, 0.25) is 5.15 Å². The Bertz CT molecular complexity index is 613. The van der Waals surface area contributed by atoms with Crippen molar-refractivity contribution in [1.82, 2.24) is 10.3 Å². The van der Waals surface area contributed by atoms with E-state index in [1.54, 1.807) is 18.2 Å². The fourth-order valence-electron chi connectivity index (χ4n) is 2.09. The molecule has 1 aromatic rings. The fourth-order valence-corrected chi connectivity index (χ4v) is 2.23. The number of cyclic esters (lactones) is 1. The number of aromatic nitrogens is 1. The van der Waals surface area contributed by atoms with Crippen molar-refractivity contribution in [2.45, 2.75) is 19.8 Å². The Labute approximate surface area is 127 Å². The Kier molecular flexibility index (Phi) is 4.47. The average molecular weight is 311 g/mol. The Morgan fingerprint density at radius 3 is 2.62 bits per heavy atom. The third kappa shape index (κ3) is 3.33. The lowest BCUT2D eigenvalue weighted by Gasteiger charge is -2.19. The quantitative estimate of drug-likeness (QED) is 0.683. The highest BCUT2D eigenvalue weighted by atomic mass is 35.5. The van der Waals surface area contributed by atoms with Crippen LogP contribution >= 0.6 is 11.6 Å². The van der Waals surface area contributed by atoms with Gasteiger partial charge in [-0.1, -0.05) is 25.4 Å². The molecule has 0 bridgehead atoms. The maximum absolute atomic E-state index is 11.6. The van der Waals surface area contributed by atoms with Gasteiger partial charge >= 0.3 is 6.09 Å². The molecule has 21 heavy (non-hydrogen) atoms. The highest BCUT2D eigenvalue weighted by molar-refractivity contribution is 6.29. The zero-order chi connectivity index (χ0) is 15.6. The molecular weight excluding hydrogens is 296 g/mol. The van der Waals surface area contributed by atoms with Gasteiger partial charge in [-0.2, -0.15) is 0 Å². The molecule has 1 aliphatic heterocycles. The van der Waals surface area contributed by atoms with Crippen LogP contribution in [0.15, 0.2) is 24.0 Å². The Morgan fingerprint density at radius 2 is 2.10 bits per heavy atom. The summed E-state index contributed by atoms with van der Waals surface area (Å²) < 4.78 is 10.1. The molecule has 1 saturated heterocycles. The Hall–Kier alpha value is -2.08. The van der Waals surface area contributed by atoms with Gasteiger partial charge in [-0.15, -0.1) is 0 Å². The SMILES string of the molecule is COc1nc(Cl)ccc1C(C=C1OC(=O)NC1=O)C(C)C. The van der Waals surface area contributed by atoms with Crippen LogP contribution in [0.25, 0.3) is 0 Å². The molecule has 1 atom stereocenters. The number of alkyl carbamates (subject to hydrolysis) is 1. The van der Waals surface area contributed by atoms with E-state index in [4.69, 9.17) is 21.1 Å². The molecule has 1 unspecified atom stereocenters. The standard InChI is InChI=1S/C14H15ClN2O4/c1-7(2)9(6-10-12(18)17-14(19)21-10)8-4-5-11(15)16-13(8)20-3/h4-7,9H,1-3H3,(H,17,18,19). The van der Waals surface area contributed by atoms with E-state index < -0.39 is 12.0 Å². The van der Waals surface area contributed by atoms with Gasteiger partial charge in [-0.25, -0.2) is 9.78 Å². The van der Waals surface area contributed by atoms with Crippen molar-refractivity contribution in [3.63, 3.8) is 0 Å². The highest BCUT2D eigenvalue weighted by Crippen LogP contribution is 2.34. The lowest BCUT2D eigenvalue weighted by atomic mass is 9.88. The molecule has 112 valence electrons. The smallest absolute Gasteiger partial charge is 0.419 e. The molecule has 2 rings (SSSR count). The molecule has 2 heterocycles. The van der Waals surface area contributed by atoms with E-state index in [0.717, 1.165) is 5.56 Å². The fraction of sp³-hybridized carbons (Fsp3) is 0.357. The monoisotopic (exact) mass is 310 g/mol. The van der Waals surface area contributed by atoms with Gasteiger partial charge in [-0.05, 0) is 24.1 Å². The minimum absolute atomic E-state index is 0.0179. The number of ether oxygens (including phenoxy) is 2. The van der Waals surface area contributed by atoms with Gasteiger partial charge in [0.25, 0.3) is 5.91 Å². The van der Waals surface area contributed by atoms with Gasteiger partial charge in [0.1, 0.15) is 5.15 Å². The molecule has 2 amide bonds. The summed E-state index contributed by atoms with van der Waals surface area (Å²) in [6.45, 7) is 3.95. The van der Waals surface area contributed by atoms with Crippen LogP contribution in [0.1, 0.15) is 25.3 Å². The van der Waals surface area contributed by atoms with Gasteiger partial charge in [0, 0.05) is 11.5 Å². The number of amides is 2. The van der Waals surface area contributed by atoms with Gasteiger partial charge in [0.05, 0.1) is 7.11 Å². The summed E-state index contributed by atoms with van der Waals surface area (Å²) in [6, 6.07) is 3.43. The van der Waals surface area contributed by atoms with E-state index in [1.165, 1.54) is 7.11 Å². The van der Waals surface area contributed by atoms with Gasteiger partial charge in [-0.3, -0.25) is 10.1 Å². The first kappa shape index (κ1) is 15.3. The Morgan fingerprint density at radius 1 is 1.38 bits per heavy atom. The summed E-state index contributed by atoms with van der Waals surface area (Å²) in [7, 11) is 1.50. The summed E-state index contributed by atoms with van der Waals surface area (Å²) >= 11 is 5.85. The summed E-state index contributed by atoms with van der Waals surface area (Å²) in [4.78, 5) is 26.8. The number of nitrogens with one attached hydrogen (secondary N) is 1. The number of pyridine rings is 1. The number of methoxy groups -OCH3 is 1. The molecule has 0 aliphatic carbocycles. The summed E-state index contributed by atoms with van der Waals surface area (Å²) in [5.74, 6) is -0.275. The van der Waals surface area contributed by atoms with Crippen LogP contribution < -0.4 is 10.1 Å². The third-order valence-corrected chi connectivity index (χ3v) is 3.31. The second kappa shape index (κ2) is 6.13. The van der Waals surface area contributed by atoms with E-state index in [-0.39, 0.29) is 17.6 Å². The molecule has 1 aliphatic rings. The van der Waals surface area contributed by atoms with E-state index in [1.807, 2.05) is 13.8 Å². The number of nitrogens with zero attached hydrogens (tertiary/aromatic N) is 1. The molecule has 0 spiro atoms. The number of halogens is 1. The molecule has 7 heteroatoms. The summed E-state index contributed by atoms with van der Waals surface area (Å²) in [5, 5.41) is 2.38. The molecule has 0 aromatic carbocycles. The number of hydrogen-bond donors (Lipinski definition) is 1. The normalized spacial score (nSPS) is 17.9. The topological polar surface area (TPSA) is 77.5 Å². The van der Waals surface area contributed by atoms with E-state index in [2.05, 4.69) is 10.3 Å². The van der Waals surface area contributed by atoms with Crippen LogP contribution in [-0.4, -0.2) is 24.1 Å². The number of imide groups is 1. The van der Waals surface area contributed by atoms with E-state index >= 15 is 0 Å². The molecule has 0 saturated carbocycles. The molecule has 1 N–H and O–H groups in total. The molecule has 0 radical (unpaired) electrons. The Balaban J connectivity index is 2.43. The van der Waals surface area contributed by atoms with Crippen molar-refractivity contribution in [3.05, 3.63) is 34.7 Å². The molecule has 1 aromatic heterocycles. The van der Waals surface area contributed by atoms with Gasteiger partial charge in [0.2, 0.25) is 5.88 Å². The first-order valence-electron chi connectivity index (χ1n) is 6.37. The van der Waals surface area contributed by atoms with Crippen molar-refractivity contribution in [2.24, 2.45) is 5.92 Å². The van der Waals surface area contributed by atoms with Crippen molar-refractivity contribution >= 4 is 23.6 Å². The van der Waals surface area contributed by atoms with Crippen molar-refractivity contribution in [3.8, 4) is 5.88 Å². The summed E-state index contributed by atoms with van der Waals surface area (Å²) in [5.41, 5.74) is 0.764. The van der Waals surface area contributed by atoms with Gasteiger partial charge in [0.15, 0.2) is 5.76 Å². The minimum atomic E-state index is -0.769. The minimum Gasteiger partial charge on any atom is -0.481 e. The zero-order valence-electron chi connectivity index (χ0n) is 11.8. The second-order valence-electron chi connectivity index (χ2n) is 4.88.